The van der Waals surface area contributed by atoms with Gasteiger partial charge in [-0.05, 0) is 79.8 Å². The summed E-state index contributed by atoms with van der Waals surface area (Å²) in [6.45, 7) is 2.26. The van der Waals surface area contributed by atoms with Crippen molar-refractivity contribution in [3.05, 3.63) is 88.9 Å². The van der Waals surface area contributed by atoms with E-state index >= 15 is 0 Å². The molecule has 9 nitrogen and oxygen atoms in total. The van der Waals surface area contributed by atoms with Crippen LogP contribution in [-0.4, -0.2) is 64.6 Å². The number of amides is 3. The highest BCUT2D eigenvalue weighted by molar-refractivity contribution is 6.30. The van der Waals surface area contributed by atoms with Gasteiger partial charge >= 0.3 is 12.0 Å². The highest BCUT2D eigenvalue weighted by Crippen LogP contribution is 2.29. The predicted octanol–water partition coefficient (Wildman–Crippen LogP) is 6.27. The van der Waals surface area contributed by atoms with Crippen LogP contribution in [0, 0.1) is 5.92 Å². The van der Waals surface area contributed by atoms with Gasteiger partial charge in [0, 0.05) is 22.7 Å². The first-order chi connectivity index (χ1) is 22.1. The summed E-state index contributed by atoms with van der Waals surface area (Å²) in [4.78, 5) is 41.4. The van der Waals surface area contributed by atoms with E-state index in [2.05, 4.69) is 18.4 Å². The Morgan fingerprint density at radius 3 is 2.37 bits per heavy atom. The van der Waals surface area contributed by atoms with Crippen molar-refractivity contribution >= 4 is 35.2 Å². The predicted molar refractivity (Wildman–Crippen MR) is 178 cm³/mol. The molecule has 1 aliphatic heterocycles. The first-order valence-corrected chi connectivity index (χ1v) is 16.5. The molecule has 10 heteroatoms. The Balaban J connectivity index is 1.36. The number of primary amides is 1. The van der Waals surface area contributed by atoms with Crippen LogP contribution in [0.4, 0.5) is 10.5 Å². The lowest BCUT2D eigenvalue weighted by atomic mass is 9.89. The molecule has 3 atom stereocenters. The van der Waals surface area contributed by atoms with Crippen LogP contribution in [0.25, 0.3) is 0 Å². The molecule has 244 valence electrons. The van der Waals surface area contributed by atoms with Crippen molar-refractivity contribution in [2.75, 3.05) is 25.5 Å². The van der Waals surface area contributed by atoms with E-state index in [0.717, 1.165) is 62.7 Å². The number of esters is 1. The van der Waals surface area contributed by atoms with E-state index in [1.165, 1.54) is 0 Å². The molecule has 2 aliphatic rings. The van der Waals surface area contributed by atoms with E-state index in [4.69, 9.17) is 22.1 Å². The number of piperidine rings is 1. The van der Waals surface area contributed by atoms with Gasteiger partial charge in [0.25, 0.3) is 0 Å². The summed E-state index contributed by atoms with van der Waals surface area (Å²) in [5.41, 5.74) is 8.39. The van der Waals surface area contributed by atoms with Crippen molar-refractivity contribution in [1.82, 2.24) is 4.90 Å². The third kappa shape index (κ3) is 8.79. The second-order valence-corrected chi connectivity index (χ2v) is 13.5. The van der Waals surface area contributed by atoms with Gasteiger partial charge in [0.2, 0.25) is 5.91 Å². The van der Waals surface area contributed by atoms with Crippen LogP contribution in [-0.2, 0) is 22.6 Å². The maximum absolute atomic E-state index is 14.1. The van der Waals surface area contributed by atoms with Crippen molar-refractivity contribution in [2.45, 2.75) is 70.0 Å². The monoisotopic (exact) mass is 647 g/mol. The van der Waals surface area contributed by atoms with E-state index in [-0.39, 0.29) is 30.1 Å². The minimum atomic E-state index is -0.928. The molecule has 0 spiro atoms. The number of likely N-dealkylation sites (N-methyl/N-ethyl adjacent to an activating group) is 1. The minimum absolute atomic E-state index is 0.0699. The minimum Gasteiger partial charge on any atom is -0.508 e. The standard InChI is InChI=1S/C36H43ClN4O5/c1-41(23-26-7-5-10-28(37)21-26)20-6-11-30(24-41)40(33(34(38)43)22-25-12-16-31(42)17-13-25)36(45)39-29-14-18-32(19-15-29)46-35(44)27-8-3-2-4-9-27/h5,7,10,12-19,21,27,30,33H,2-4,6,8-9,11,20,22-24H2,1H3,(H3-,38,39,42,43,45)/p+1/t30-,33-,41?/m0/s1. The second-order valence-electron chi connectivity index (χ2n) is 13.0. The van der Waals surface area contributed by atoms with Gasteiger partial charge in [-0.25, -0.2) is 4.79 Å². The number of quaternary nitrogens is 1. The van der Waals surface area contributed by atoms with E-state index < -0.39 is 18.0 Å². The number of phenols is 1. The van der Waals surface area contributed by atoms with E-state index in [0.29, 0.717) is 33.9 Å². The third-order valence-electron chi connectivity index (χ3n) is 9.26. The number of halogens is 1. The summed E-state index contributed by atoms with van der Waals surface area (Å²) in [6, 6.07) is 19.5. The molecular weight excluding hydrogens is 604 g/mol. The van der Waals surface area contributed by atoms with E-state index in [9.17, 15) is 19.5 Å². The van der Waals surface area contributed by atoms with Crippen molar-refractivity contribution in [3.8, 4) is 11.5 Å². The Bertz CT molecular complexity index is 1510. The molecule has 0 aromatic heterocycles. The summed E-state index contributed by atoms with van der Waals surface area (Å²) in [5.74, 6) is -0.350. The number of carbonyl (C=O) groups excluding carboxylic acids is 3. The summed E-state index contributed by atoms with van der Waals surface area (Å²) in [6.07, 6.45) is 6.72. The van der Waals surface area contributed by atoms with Crippen LogP contribution >= 0.6 is 11.6 Å². The fourth-order valence-electron chi connectivity index (χ4n) is 6.93. The Kier molecular flexibility index (Phi) is 10.9. The van der Waals surface area contributed by atoms with Crippen LogP contribution in [0.15, 0.2) is 72.8 Å². The Morgan fingerprint density at radius 1 is 0.978 bits per heavy atom. The lowest BCUT2D eigenvalue weighted by Crippen LogP contribution is -2.62. The zero-order valence-electron chi connectivity index (χ0n) is 26.4. The van der Waals surface area contributed by atoms with E-state index in [1.54, 1.807) is 53.4 Å². The fraction of sp³-hybridized carbons (Fsp3) is 0.417. The number of carbonyl (C=O) groups is 3. The Morgan fingerprint density at radius 2 is 1.70 bits per heavy atom. The zero-order valence-corrected chi connectivity index (χ0v) is 27.1. The van der Waals surface area contributed by atoms with Gasteiger partial charge in [0.15, 0.2) is 0 Å². The highest BCUT2D eigenvalue weighted by atomic mass is 35.5. The van der Waals surface area contributed by atoms with Crippen molar-refractivity contribution in [3.63, 3.8) is 0 Å². The van der Waals surface area contributed by atoms with E-state index in [1.807, 2.05) is 18.2 Å². The number of nitrogens with one attached hydrogen (secondary N) is 1. The first-order valence-electron chi connectivity index (χ1n) is 16.1. The number of phenolic OH excluding ortho intramolecular Hbond substituents is 1. The normalized spacial score (nSPS) is 20.8. The van der Waals surface area contributed by atoms with Crippen LogP contribution in [0.2, 0.25) is 5.02 Å². The number of aromatic hydroxyl groups is 1. The quantitative estimate of drug-likeness (QED) is 0.136. The molecule has 1 saturated heterocycles. The summed E-state index contributed by atoms with van der Waals surface area (Å²) >= 11 is 6.28. The molecule has 1 aliphatic carbocycles. The number of benzene rings is 3. The maximum atomic E-state index is 14.1. The van der Waals surface area contributed by atoms with Crippen LogP contribution < -0.4 is 15.8 Å². The first kappa shape index (κ1) is 33.3. The number of nitrogens with zero attached hydrogens (tertiary/aromatic N) is 2. The number of anilines is 1. The smallest absolute Gasteiger partial charge is 0.323 e. The molecule has 0 bridgehead atoms. The maximum Gasteiger partial charge on any atom is 0.323 e. The second kappa shape index (κ2) is 15.0. The number of hydrogen-bond acceptors (Lipinski definition) is 5. The SMILES string of the molecule is C[N+]1(Cc2cccc(Cl)c2)CCC[C@H](N(C(=O)Nc2ccc(OC(=O)C3CCCCC3)cc2)[C@@H](Cc2ccc(O)cc2)C(N)=O)C1. The average Bonchev–Trinajstić information content (AvgIpc) is 3.03. The number of likely N-dealkylation sites (tertiary alicyclic amines) is 1. The van der Waals surface area contributed by atoms with Crippen molar-refractivity contribution < 1.29 is 28.7 Å². The molecule has 1 heterocycles. The van der Waals surface area contributed by atoms with Gasteiger partial charge in [-0.1, -0.05) is 55.1 Å². The Hall–Kier alpha value is -4.08. The highest BCUT2D eigenvalue weighted by Gasteiger charge is 2.41. The van der Waals surface area contributed by atoms with Gasteiger partial charge in [-0.2, -0.15) is 0 Å². The molecule has 1 saturated carbocycles. The molecule has 2 fully saturated rings. The molecule has 4 N–H and O–H groups in total. The van der Waals surface area contributed by atoms with Gasteiger partial charge < -0.3 is 30.3 Å². The third-order valence-corrected chi connectivity index (χ3v) is 9.50. The molecule has 1 unspecified atom stereocenters. The molecule has 46 heavy (non-hydrogen) atoms. The summed E-state index contributed by atoms with van der Waals surface area (Å²) < 4.78 is 6.30. The van der Waals surface area contributed by atoms with Crippen molar-refractivity contribution in [1.29, 1.82) is 0 Å². The lowest BCUT2D eigenvalue weighted by Gasteiger charge is -2.46. The van der Waals surface area contributed by atoms with Crippen LogP contribution in [0.1, 0.15) is 56.1 Å². The van der Waals surface area contributed by atoms with Gasteiger partial charge in [0.1, 0.15) is 24.1 Å². The molecule has 0 radical (unpaired) electrons. The fourth-order valence-corrected chi connectivity index (χ4v) is 7.14. The molecular formula is C36H44ClN4O5+. The van der Waals surface area contributed by atoms with Crippen LogP contribution in [0.5, 0.6) is 11.5 Å². The number of hydrogen-bond donors (Lipinski definition) is 3. The summed E-state index contributed by atoms with van der Waals surface area (Å²) in [5, 5.41) is 13.4. The zero-order chi connectivity index (χ0) is 32.7. The van der Waals surface area contributed by atoms with Gasteiger partial charge in [-0.15, -0.1) is 0 Å². The number of urea groups is 1. The lowest BCUT2D eigenvalue weighted by molar-refractivity contribution is -0.928. The largest absolute Gasteiger partial charge is 0.508 e. The number of rotatable bonds is 10. The number of ether oxygens (including phenoxy) is 1. The van der Waals surface area contributed by atoms with Gasteiger partial charge in [-0.3, -0.25) is 9.59 Å². The average molecular weight is 648 g/mol. The topological polar surface area (TPSA) is 122 Å². The molecule has 3 aromatic carbocycles. The molecule has 5 rings (SSSR count). The Labute approximate surface area is 275 Å². The summed E-state index contributed by atoms with van der Waals surface area (Å²) in [7, 11) is 2.16. The number of nitrogens with two attached hydrogens (primary N) is 1. The molecule has 3 amide bonds. The van der Waals surface area contributed by atoms with Gasteiger partial charge in [0.05, 0.1) is 32.1 Å². The van der Waals surface area contributed by atoms with Crippen molar-refractivity contribution in [2.24, 2.45) is 11.7 Å². The van der Waals surface area contributed by atoms with Crippen LogP contribution in [0.3, 0.4) is 0 Å². The molecule has 3 aromatic rings.